The summed E-state index contributed by atoms with van der Waals surface area (Å²) >= 11 is 5.88. The molecule has 0 bridgehead atoms. The third-order valence-corrected chi connectivity index (χ3v) is 3.61. The number of amides is 2. The topological polar surface area (TPSA) is 78.4 Å². The third kappa shape index (κ3) is 4.57. The van der Waals surface area contributed by atoms with E-state index in [4.69, 9.17) is 11.6 Å². The van der Waals surface area contributed by atoms with E-state index in [1.54, 1.807) is 49.4 Å². The van der Waals surface area contributed by atoms with Crippen LogP contribution in [0.4, 0.5) is 11.4 Å². The van der Waals surface area contributed by atoms with Crippen LogP contribution in [0.25, 0.3) is 0 Å². The van der Waals surface area contributed by atoms with Gasteiger partial charge in [-0.05, 0) is 62.7 Å². The second-order valence-electron chi connectivity index (χ2n) is 6.01. The van der Waals surface area contributed by atoms with Gasteiger partial charge in [0, 0.05) is 22.0 Å². The fourth-order valence-corrected chi connectivity index (χ4v) is 2.18. The van der Waals surface area contributed by atoms with Crippen molar-refractivity contribution < 1.29 is 14.7 Å². The van der Waals surface area contributed by atoms with Crippen molar-refractivity contribution in [3.05, 3.63) is 58.6 Å². The van der Waals surface area contributed by atoms with E-state index >= 15 is 0 Å². The van der Waals surface area contributed by atoms with E-state index in [0.717, 1.165) is 5.56 Å². The summed E-state index contributed by atoms with van der Waals surface area (Å²) in [5, 5.41) is 15.6. The molecule has 126 valence electrons. The normalized spacial score (nSPS) is 11.0. The number of hydrogen-bond acceptors (Lipinski definition) is 3. The largest absolute Gasteiger partial charge is 0.381 e. The summed E-state index contributed by atoms with van der Waals surface area (Å²) < 4.78 is 0. The van der Waals surface area contributed by atoms with Gasteiger partial charge in [-0.1, -0.05) is 17.7 Å². The minimum Gasteiger partial charge on any atom is -0.381 e. The van der Waals surface area contributed by atoms with Crippen molar-refractivity contribution in [2.24, 2.45) is 0 Å². The van der Waals surface area contributed by atoms with Crippen LogP contribution in [0.3, 0.4) is 0 Å². The Morgan fingerprint density at radius 1 is 1.08 bits per heavy atom. The molecule has 2 aromatic rings. The average Bonchev–Trinajstić information content (AvgIpc) is 2.49. The zero-order valence-corrected chi connectivity index (χ0v) is 14.4. The number of halogens is 1. The van der Waals surface area contributed by atoms with Crippen molar-refractivity contribution in [3.63, 3.8) is 0 Å². The van der Waals surface area contributed by atoms with E-state index in [2.05, 4.69) is 10.6 Å². The molecule has 2 aromatic carbocycles. The number of aryl methyl sites for hydroxylation is 1. The van der Waals surface area contributed by atoms with Gasteiger partial charge in [0.1, 0.15) is 5.60 Å². The van der Waals surface area contributed by atoms with Gasteiger partial charge in [0.25, 0.3) is 11.8 Å². The quantitative estimate of drug-likeness (QED) is 0.791. The smallest absolute Gasteiger partial charge is 0.255 e. The molecule has 2 amide bonds. The van der Waals surface area contributed by atoms with Gasteiger partial charge in [-0.25, -0.2) is 0 Å². The molecule has 0 aliphatic rings. The first-order chi connectivity index (χ1) is 11.2. The Balaban J connectivity index is 2.12. The number of nitrogens with one attached hydrogen (secondary N) is 2. The van der Waals surface area contributed by atoms with Crippen LogP contribution in [-0.2, 0) is 4.79 Å². The van der Waals surface area contributed by atoms with E-state index in [1.165, 1.54) is 13.8 Å². The predicted molar refractivity (Wildman–Crippen MR) is 95.5 cm³/mol. The number of rotatable bonds is 4. The van der Waals surface area contributed by atoms with Crippen LogP contribution >= 0.6 is 11.6 Å². The Morgan fingerprint density at radius 2 is 1.79 bits per heavy atom. The lowest BCUT2D eigenvalue weighted by atomic mass is 10.1. The lowest BCUT2D eigenvalue weighted by Crippen LogP contribution is -2.36. The Hall–Kier alpha value is -2.37. The van der Waals surface area contributed by atoms with Crippen molar-refractivity contribution >= 4 is 34.8 Å². The first-order valence-corrected chi connectivity index (χ1v) is 7.76. The Kier molecular flexibility index (Phi) is 5.26. The molecular formula is C18H19ClN2O3. The first kappa shape index (κ1) is 18.0. The standard InChI is InChI=1S/C18H19ClN2O3/c1-11-9-14(7-8-15(11)21-17(23)18(2,3)24)20-16(22)12-5-4-6-13(19)10-12/h4-10,24H,1-3H3,(H,20,22)(H,21,23). The van der Waals surface area contributed by atoms with E-state index in [9.17, 15) is 14.7 Å². The highest BCUT2D eigenvalue weighted by molar-refractivity contribution is 6.31. The fraction of sp³-hybridized carbons (Fsp3) is 0.222. The first-order valence-electron chi connectivity index (χ1n) is 7.38. The van der Waals surface area contributed by atoms with Gasteiger partial charge in [0.15, 0.2) is 0 Å². The van der Waals surface area contributed by atoms with Crippen LogP contribution in [0.15, 0.2) is 42.5 Å². The highest BCUT2D eigenvalue weighted by Gasteiger charge is 2.24. The Morgan fingerprint density at radius 3 is 2.38 bits per heavy atom. The number of benzene rings is 2. The highest BCUT2D eigenvalue weighted by atomic mass is 35.5. The maximum atomic E-state index is 12.2. The maximum absolute atomic E-state index is 12.2. The molecule has 0 heterocycles. The summed E-state index contributed by atoms with van der Waals surface area (Å²) in [5.74, 6) is -0.772. The SMILES string of the molecule is Cc1cc(NC(=O)c2cccc(Cl)c2)ccc1NC(=O)C(C)(C)O. The lowest BCUT2D eigenvalue weighted by molar-refractivity contribution is -0.130. The van der Waals surface area contributed by atoms with Crippen LogP contribution in [0.2, 0.25) is 5.02 Å². The molecule has 0 fully saturated rings. The van der Waals surface area contributed by atoms with Gasteiger partial charge in [-0.15, -0.1) is 0 Å². The zero-order chi connectivity index (χ0) is 17.9. The molecule has 0 atom stereocenters. The summed E-state index contributed by atoms with van der Waals surface area (Å²) in [7, 11) is 0. The van der Waals surface area contributed by atoms with Gasteiger partial charge in [0.05, 0.1) is 0 Å². The number of anilines is 2. The van der Waals surface area contributed by atoms with E-state index in [0.29, 0.717) is 22.0 Å². The van der Waals surface area contributed by atoms with Crippen molar-refractivity contribution in [2.45, 2.75) is 26.4 Å². The van der Waals surface area contributed by atoms with Crippen molar-refractivity contribution in [1.82, 2.24) is 0 Å². The molecule has 6 heteroatoms. The van der Waals surface area contributed by atoms with Crippen molar-refractivity contribution in [3.8, 4) is 0 Å². The molecule has 0 spiro atoms. The van der Waals surface area contributed by atoms with Crippen molar-refractivity contribution in [1.29, 1.82) is 0 Å². The summed E-state index contributed by atoms with van der Waals surface area (Å²) in [6, 6.07) is 11.7. The fourth-order valence-electron chi connectivity index (χ4n) is 1.99. The molecule has 0 radical (unpaired) electrons. The van der Waals surface area contributed by atoms with Crippen LogP contribution in [0.5, 0.6) is 0 Å². The summed E-state index contributed by atoms with van der Waals surface area (Å²) in [6.45, 7) is 4.63. The van der Waals surface area contributed by atoms with E-state index < -0.39 is 11.5 Å². The second-order valence-corrected chi connectivity index (χ2v) is 6.44. The molecule has 24 heavy (non-hydrogen) atoms. The zero-order valence-electron chi connectivity index (χ0n) is 13.7. The van der Waals surface area contributed by atoms with Crippen LogP contribution in [0.1, 0.15) is 29.8 Å². The highest BCUT2D eigenvalue weighted by Crippen LogP contribution is 2.22. The van der Waals surface area contributed by atoms with Crippen LogP contribution in [-0.4, -0.2) is 22.5 Å². The molecule has 0 saturated heterocycles. The summed E-state index contributed by atoms with van der Waals surface area (Å²) in [6.07, 6.45) is 0. The number of carbonyl (C=O) groups excluding carboxylic acids is 2. The third-order valence-electron chi connectivity index (χ3n) is 3.37. The predicted octanol–water partition coefficient (Wildman–Crippen LogP) is 3.61. The van der Waals surface area contributed by atoms with Crippen molar-refractivity contribution in [2.75, 3.05) is 10.6 Å². The molecule has 0 aromatic heterocycles. The Labute approximate surface area is 145 Å². The van der Waals surface area contributed by atoms with E-state index in [-0.39, 0.29) is 5.91 Å². The molecule has 0 aliphatic heterocycles. The average molecular weight is 347 g/mol. The molecule has 5 nitrogen and oxygen atoms in total. The van der Waals surface area contributed by atoms with E-state index in [1.807, 2.05) is 0 Å². The van der Waals surface area contributed by atoms with Gasteiger partial charge < -0.3 is 15.7 Å². The molecule has 0 unspecified atom stereocenters. The molecule has 2 rings (SSSR count). The minimum atomic E-state index is -1.47. The monoisotopic (exact) mass is 346 g/mol. The molecule has 3 N–H and O–H groups in total. The molecule has 0 aliphatic carbocycles. The molecule has 0 saturated carbocycles. The number of hydrogen-bond donors (Lipinski definition) is 3. The second kappa shape index (κ2) is 7.03. The number of aliphatic hydroxyl groups is 1. The maximum Gasteiger partial charge on any atom is 0.255 e. The van der Waals surface area contributed by atoms with Crippen LogP contribution in [0, 0.1) is 6.92 Å². The minimum absolute atomic E-state index is 0.273. The van der Waals surface area contributed by atoms with Gasteiger partial charge in [0.2, 0.25) is 0 Å². The summed E-state index contributed by atoms with van der Waals surface area (Å²) in [4.78, 5) is 24.0. The molecular weight excluding hydrogens is 328 g/mol. The Bertz CT molecular complexity index is 782. The van der Waals surface area contributed by atoms with Crippen LogP contribution < -0.4 is 10.6 Å². The van der Waals surface area contributed by atoms with Gasteiger partial charge in [-0.3, -0.25) is 9.59 Å². The summed E-state index contributed by atoms with van der Waals surface area (Å²) in [5.41, 5.74) is 0.920. The van der Waals surface area contributed by atoms with Gasteiger partial charge in [-0.2, -0.15) is 0 Å². The van der Waals surface area contributed by atoms with Gasteiger partial charge >= 0.3 is 0 Å². The number of carbonyl (C=O) groups is 2. The lowest BCUT2D eigenvalue weighted by Gasteiger charge is -2.18.